The molecule has 2 aromatic heterocycles. The van der Waals surface area contributed by atoms with Gasteiger partial charge in [0.05, 0.1) is 0 Å². The summed E-state index contributed by atoms with van der Waals surface area (Å²) in [5.74, 6) is 0. The Labute approximate surface area is 134 Å². The number of benzene rings is 1. The van der Waals surface area contributed by atoms with Crippen molar-refractivity contribution in [3.63, 3.8) is 0 Å². The Kier molecular flexibility index (Phi) is 4.86. The van der Waals surface area contributed by atoms with Crippen molar-refractivity contribution in [3.8, 4) is 10.4 Å². The van der Waals surface area contributed by atoms with Crippen LogP contribution in [0.25, 0.3) is 10.4 Å². The lowest BCUT2D eigenvalue weighted by Gasteiger charge is -2.00. The molecular weight excluding hydrogens is 294 g/mol. The van der Waals surface area contributed by atoms with Crippen molar-refractivity contribution >= 4 is 22.7 Å². The topological polar surface area (TPSA) is 12.0 Å². The van der Waals surface area contributed by atoms with E-state index >= 15 is 0 Å². The molecule has 1 aromatic carbocycles. The summed E-state index contributed by atoms with van der Waals surface area (Å²) in [5.41, 5.74) is 1.31. The summed E-state index contributed by atoms with van der Waals surface area (Å²) in [5, 5.41) is 3.54. The highest BCUT2D eigenvalue weighted by Crippen LogP contribution is 2.27. The van der Waals surface area contributed by atoms with Crippen LogP contribution in [-0.4, -0.2) is 0 Å². The van der Waals surface area contributed by atoms with Crippen molar-refractivity contribution in [1.29, 1.82) is 0 Å². The molecule has 0 atom stereocenters. The van der Waals surface area contributed by atoms with Crippen LogP contribution in [0.15, 0.2) is 54.6 Å². The predicted octanol–water partition coefficient (Wildman–Crippen LogP) is 5.33. The number of hydrogen-bond donors (Lipinski definition) is 1. The van der Waals surface area contributed by atoms with Crippen LogP contribution in [0.2, 0.25) is 0 Å². The zero-order valence-electron chi connectivity index (χ0n) is 12.1. The molecule has 3 aromatic rings. The lowest BCUT2D eigenvalue weighted by molar-refractivity contribution is 0.709. The van der Waals surface area contributed by atoms with Crippen LogP contribution >= 0.6 is 22.7 Å². The Morgan fingerprint density at radius 1 is 0.762 bits per heavy atom. The first-order valence-corrected chi connectivity index (χ1v) is 8.91. The molecule has 0 fully saturated rings. The normalized spacial score (nSPS) is 10.9. The van der Waals surface area contributed by atoms with Crippen LogP contribution in [0.4, 0.5) is 0 Å². The van der Waals surface area contributed by atoms with E-state index in [4.69, 9.17) is 0 Å². The van der Waals surface area contributed by atoms with Crippen molar-refractivity contribution in [1.82, 2.24) is 5.32 Å². The minimum Gasteiger partial charge on any atom is -0.307 e. The van der Waals surface area contributed by atoms with Crippen molar-refractivity contribution in [3.05, 3.63) is 69.2 Å². The second-order valence-corrected chi connectivity index (χ2v) is 7.38. The van der Waals surface area contributed by atoms with E-state index in [0.717, 1.165) is 19.5 Å². The Hall–Kier alpha value is -1.42. The maximum atomic E-state index is 3.54. The van der Waals surface area contributed by atoms with E-state index in [1.807, 2.05) is 22.7 Å². The molecule has 0 unspecified atom stereocenters. The summed E-state index contributed by atoms with van der Waals surface area (Å²) in [7, 11) is 0. The van der Waals surface area contributed by atoms with Gasteiger partial charge in [0.2, 0.25) is 0 Å². The summed E-state index contributed by atoms with van der Waals surface area (Å²) in [4.78, 5) is 5.62. The summed E-state index contributed by atoms with van der Waals surface area (Å²) in [6.45, 7) is 4.11. The van der Waals surface area contributed by atoms with Crippen molar-refractivity contribution in [2.24, 2.45) is 0 Å². The summed E-state index contributed by atoms with van der Waals surface area (Å²) in [6, 6.07) is 19.5. The fourth-order valence-electron chi connectivity index (χ4n) is 2.25. The number of hydrogen-bond acceptors (Lipinski definition) is 3. The monoisotopic (exact) mass is 313 g/mol. The summed E-state index contributed by atoms with van der Waals surface area (Å²) in [6.07, 6.45) is 1.13. The van der Waals surface area contributed by atoms with E-state index in [2.05, 4.69) is 66.8 Å². The lowest BCUT2D eigenvalue weighted by Crippen LogP contribution is -2.10. The van der Waals surface area contributed by atoms with E-state index in [9.17, 15) is 0 Å². The van der Waals surface area contributed by atoms with Gasteiger partial charge < -0.3 is 5.32 Å². The fourth-order valence-corrected chi connectivity index (χ4v) is 4.16. The van der Waals surface area contributed by atoms with E-state index in [1.165, 1.54) is 25.1 Å². The molecular formula is C18H19NS2. The predicted molar refractivity (Wildman–Crippen MR) is 94.0 cm³/mol. The zero-order valence-corrected chi connectivity index (χ0v) is 13.8. The van der Waals surface area contributed by atoms with E-state index in [1.54, 1.807) is 0 Å². The van der Waals surface area contributed by atoms with E-state index < -0.39 is 0 Å². The fraction of sp³-hybridized carbons (Fsp3) is 0.222. The zero-order chi connectivity index (χ0) is 14.5. The van der Waals surface area contributed by atoms with Gasteiger partial charge in [0.1, 0.15) is 0 Å². The third-order valence-corrected chi connectivity index (χ3v) is 5.75. The van der Waals surface area contributed by atoms with Gasteiger partial charge >= 0.3 is 0 Å². The Morgan fingerprint density at radius 3 is 2.14 bits per heavy atom. The van der Waals surface area contributed by atoms with Crippen LogP contribution in [0, 0.1) is 0 Å². The molecule has 0 amide bonds. The minimum atomic E-state index is 0.941. The lowest BCUT2D eigenvalue weighted by atomic mass is 10.2. The van der Waals surface area contributed by atoms with Gasteiger partial charge in [-0.05, 0) is 36.2 Å². The number of rotatable bonds is 6. The molecule has 3 rings (SSSR count). The van der Waals surface area contributed by atoms with Gasteiger partial charge in [0.15, 0.2) is 0 Å². The Balaban J connectivity index is 1.55. The smallest absolute Gasteiger partial charge is 0.0346 e. The van der Waals surface area contributed by atoms with Gasteiger partial charge in [-0.25, -0.2) is 0 Å². The molecule has 0 saturated carbocycles. The van der Waals surface area contributed by atoms with Crippen LogP contribution in [-0.2, 0) is 19.5 Å². The summed E-state index contributed by atoms with van der Waals surface area (Å²) >= 11 is 3.78. The number of thiophene rings is 2. The molecule has 0 bridgehead atoms. The van der Waals surface area contributed by atoms with Gasteiger partial charge in [-0.3, -0.25) is 0 Å². The van der Waals surface area contributed by atoms with Gasteiger partial charge in [-0.2, -0.15) is 0 Å². The highest BCUT2D eigenvalue weighted by atomic mass is 32.1. The van der Waals surface area contributed by atoms with Crippen molar-refractivity contribution in [2.75, 3.05) is 0 Å². The Bertz CT molecular complexity index is 682. The maximum Gasteiger partial charge on any atom is 0.0346 e. The van der Waals surface area contributed by atoms with E-state index in [0.29, 0.717) is 0 Å². The highest BCUT2D eigenvalue weighted by molar-refractivity contribution is 7.15. The third kappa shape index (κ3) is 3.82. The molecule has 3 heteroatoms. The molecule has 2 heterocycles. The number of aryl methyl sites for hydroxylation is 1. The van der Waals surface area contributed by atoms with Crippen molar-refractivity contribution in [2.45, 2.75) is 26.4 Å². The average molecular weight is 313 g/mol. The minimum absolute atomic E-state index is 0.941. The molecule has 0 radical (unpaired) electrons. The molecule has 0 spiro atoms. The molecule has 0 aliphatic carbocycles. The maximum absolute atomic E-state index is 3.54. The average Bonchev–Trinajstić information content (AvgIpc) is 3.17. The summed E-state index contributed by atoms with van der Waals surface area (Å²) < 4.78 is 0. The quantitative estimate of drug-likeness (QED) is 0.648. The van der Waals surface area contributed by atoms with Crippen LogP contribution in [0.3, 0.4) is 0 Å². The van der Waals surface area contributed by atoms with Crippen LogP contribution < -0.4 is 5.32 Å². The first kappa shape index (κ1) is 14.5. The second-order valence-electron chi connectivity index (χ2n) is 4.96. The van der Waals surface area contributed by atoms with Gasteiger partial charge in [-0.15, -0.1) is 22.7 Å². The molecule has 1 nitrogen and oxygen atoms in total. The van der Waals surface area contributed by atoms with Gasteiger partial charge in [-0.1, -0.05) is 37.3 Å². The third-order valence-electron chi connectivity index (χ3n) is 3.38. The molecule has 0 saturated heterocycles. The highest BCUT2D eigenvalue weighted by Gasteiger charge is 2.03. The van der Waals surface area contributed by atoms with Gasteiger partial charge in [0, 0.05) is 32.6 Å². The van der Waals surface area contributed by atoms with Gasteiger partial charge in [0.25, 0.3) is 0 Å². The molecule has 0 aliphatic rings. The largest absolute Gasteiger partial charge is 0.307 e. The first-order valence-electron chi connectivity index (χ1n) is 7.27. The SMILES string of the molecule is CCc1ccc(CNCc2ccc(-c3ccccc3)s2)s1. The first-order chi connectivity index (χ1) is 10.3. The molecule has 108 valence electrons. The van der Waals surface area contributed by atoms with E-state index in [-0.39, 0.29) is 0 Å². The number of nitrogens with one attached hydrogen (secondary N) is 1. The Morgan fingerprint density at radius 2 is 1.43 bits per heavy atom. The molecule has 1 N–H and O–H groups in total. The van der Waals surface area contributed by atoms with Crippen LogP contribution in [0.5, 0.6) is 0 Å². The molecule has 21 heavy (non-hydrogen) atoms. The van der Waals surface area contributed by atoms with Crippen molar-refractivity contribution < 1.29 is 0 Å². The standard InChI is InChI=1S/C18H19NS2/c1-2-15-8-9-16(20-15)12-19-13-17-10-11-18(21-17)14-6-4-3-5-7-14/h3-11,19H,2,12-13H2,1H3. The second kappa shape index (κ2) is 7.03. The molecule has 0 aliphatic heterocycles. The van der Waals surface area contributed by atoms with Crippen LogP contribution in [0.1, 0.15) is 21.6 Å².